The molecule has 4 bridgehead atoms. The summed E-state index contributed by atoms with van der Waals surface area (Å²) in [7, 11) is 0. The van der Waals surface area contributed by atoms with E-state index in [-0.39, 0.29) is 5.41 Å². The minimum absolute atomic E-state index is 0.113. The summed E-state index contributed by atoms with van der Waals surface area (Å²) >= 11 is 0. The summed E-state index contributed by atoms with van der Waals surface area (Å²) < 4.78 is 0. The molecule has 3 atom stereocenters. The van der Waals surface area contributed by atoms with Crippen molar-refractivity contribution in [3.05, 3.63) is 0 Å². The van der Waals surface area contributed by atoms with E-state index in [1.165, 1.54) is 38.5 Å². The maximum absolute atomic E-state index is 12.8. The first-order valence-electron chi connectivity index (χ1n) is 7.98. The van der Waals surface area contributed by atoms with Crippen molar-refractivity contribution in [3.63, 3.8) is 0 Å². The van der Waals surface area contributed by atoms with Crippen molar-refractivity contribution < 1.29 is 4.79 Å². The predicted molar refractivity (Wildman–Crippen MR) is 74.3 cm³/mol. The third-order valence-corrected chi connectivity index (χ3v) is 6.18. The third-order valence-electron chi connectivity index (χ3n) is 6.18. The minimum atomic E-state index is 0.113. The van der Waals surface area contributed by atoms with Gasteiger partial charge in [0.1, 0.15) is 5.78 Å². The van der Waals surface area contributed by atoms with Gasteiger partial charge < -0.3 is 0 Å². The molecule has 0 aromatic carbocycles. The number of Topliss-reactive ketones (excluding diaryl/α,β-unsaturated/α-hetero) is 1. The standard InChI is InChI=1S/C17H28O/c1-4-12(2)5-15(18)17-9-13-6-14(10-17)8-16(3,7-13)11-17/h12-14H,4-11H2,1-3H3. The fourth-order valence-electron chi connectivity index (χ4n) is 5.72. The summed E-state index contributed by atoms with van der Waals surface area (Å²) in [4.78, 5) is 12.8. The molecule has 18 heavy (non-hydrogen) atoms. The summed E-state index contributed by atoms with van der Waals surface area (Å²) in [6, 6.07) is 0. The molecular weight excluding hydrogens is 220 g/mol. The van der Waals surface area contributed by atoms with Gasteiger partial charge in [-0.25, -0.2) is 0 Å². The SMILES string of the molecule is CCC(C)CC(=O)C12CC3CC(CC(C)(C3)C1)C2. The van der Waals surface area contributed by atoms with Gasteiger partial charge in [0.15, 0.2) is 0 Å². The molecule has 4 aliphatic rings. The highest BCUT2D eigenvalue weighted by atomic mass is 16.1. The molecule has 0 N–H and O–H groups in total. The number of rotatable bonds is 4. The van der Waals surface area contributed by atoms with Crippen molar-refractivity contribution >= 4 is 5.78 Å². The predicted octanol–water partition coefficient (Wildman–Crippen LogP) is 4.60. The minimum Gasteiger partial charge on any atom is -0.299 e. The molecule has 1 nitrogen and oxygen atoms in total. The molecule has 4 rings (SSSR count). The Balaban J connectivity index is 1.80. The van der Waals surface area contributed by atoms with Crippen LogP contribution in [-0.2, 0) is 4.79 Å². The molecule has 0 amide bonds. The topological polar surface area (TPSA) is 17.1 Å². The lowest BCUT2D eigenvalue weighted by Crippen LogP contribution is -2.54. The van der Waals surface area contributed by atoms with Crippen LogP contribution in [0.5, 0.6) is 0 Å². The number of hydrogen-bond donors (Lipinski definition) is 0. The second-order valence-electron chi connectivity index (χ2n) is 8.19. The molecule has 4 fully saturated rings. The Morgan fingerprint density at radius 3 is 2.33 bits per heavy atom. The zero-order valence-electron chi connectivity index (χ0n) is 12.3. The fraction of sp³-hybridized carbons (Fsp3) is 0.941. The molecule has 0 spiro atoms. The highest BCUT2D eigenvalue weighted by Gasteiger charge is 2.58. The van der Waals surface area contributed by atoms with E-state index in [9.17, 15) is 4.79 Å². The van der Waals surface area contributed by atoms with E-state index in [4.69, 9.17) is 0 Å². The average molecular weight is 248 g/mol. The molecule has 0 aromatic heterocycles. The number of carbonyl (C=O) groups excluding carboxylic acids is 1. The van der Waals surface area contributed by atoms with Crippen molar-refractivity contribution in [2.75, 3.05) is 0 Å². The van der Waals surface area contributed by atoms with Gasteiger partial charge in [0.05, 0.1) is 0 Å². The Morgan fingerprint density at radius 2 is 1.83 bits per heavy atom. The van der Waals surface area contributed by atoms with E-state index in [2.05, 4.69) is 20.8 Å². The van der Waals surface area contributed by atoms with Crippen LogP contribution >= 0.6 is 0 Å². The molecule has 3 unspecified atom stereocenters. The van der Waals surface area contributed by atoms with Gasteiger partial charge in [0.2, 0.25) is 0 Å². The van der Waals surface area contributed by atoms with Crippen LogP contribution in [0.1, 0.15) is 72.1 Å². The maximum atomic E-state index is 12.8. The Labute approximate surface area is 112 Å². The lowest BCUT2D eigenvalue weighted by atomic mass is 9.43. The van der Waals surface area contributed by atoms with Gasteiger partial charge in [-0.1, -0.05) is 27.2 Å². The van der Waals surface area contributed by atoms with Crippen LogP contribution in [-0.4, -0.2) is 5.78 Å². The van der Waals surface area contributed by atoms with Gasteiger partial charge in [0.25, 0.3) is 0 Å². The molecular formula is C17H28O. The number of hydrogen-bond acceptors (Lipinski definition) is 1. The first-order chi connectivity index (χ1) is 8.45. The van der Waals surface area contributed by atoms with Crippen molar-refractivity contribution in [2.24, 2.45) is 28.6 Å². The van der Waals surface area contributed by atoms with Crippen LogP contribution in [0.3, 0.4) is 0 Å². The van der Waals surface area contributed by atoms with Gasteiger partial charge >= 0.3 is 0 Å². The molecule has 0 heterocycles. The second kappa shape index (κ2) is 4.08. The molecule has 102 valence electrons. The van der Waals surface area contributed by atoms with Gasteiger partial charge in [-0.2, -0.15) is 0 Å². The first-order valence-corrected chi connectivity index (χ1v) is 7.98. The number of ketones is 1. The Hall–Kier alpha value is -0.330. The lowest BCUT2D eigenvalue weighted by molar-refractivity contribution is -0.153. The first kappa shape index (κ1) is 12.7. The highest BCUT2D eigenvalue weighted by molar-refractivity contribution is 5.85. The van der Waals surface area contributed by atoms with E-state index < -0.39 is 0 Å². The van der Waals surface area contributed by atoms with Crippen molar-refractivity contribution in [2.45, 2.75) is 72.1 Å². The summed E-state index contributed by atoms with van der Waals surface area (Å²) in [5, 5.41) is 0. The Bertz CT molecular complexity index is 343. The maximum Gasteiger partial charge on any atom is 0.139 e. The van der Waals surface area contributed by atoms with E-state index in [1.807, 2.05) is 0 Å². The Kier molecular flexibility index (Phi) is 2.88. The van der Waals surface area contributed by atoms with Crippen LogP contribution in [0.25, 0.3) is 0 Å². The molecule has 0 saturated heterocycles. The largest absolute Gasteiger partial charge is 0.299 e. The smallest absolute Gasteiger partial charge is 0.139 e. The normalized spacial score (nSPS) is 47.3. The van der Waals surface area contributed by atoms with Gasteiger partial charge in [-0.15, -0.1) is 0 Å². The number of carbonyl (C=O) groups is 1. The van der Waals surface area contributed by atoms with Crippen molar-refractivity contribution in [3.8, 4) is 0 Å². The molecule has 0 radical (unpaired) electrons. The van der Waals surface area contributed by atoms with Crippen LogP contribution < -0.4 is 0 Å². The van der Waals surface area contributed by atoms with Crippen molar-refractivity contribution in [1.82, 2.24) is 0 Å². The van der Waals surface area contributed by atoms with Crippen LogP contribution in [0.15, 0.2) is 0 Å². The van der Waals surface area contributed by atoms with Crippen LogP contribution in [0, 0.1) is 28.6 Å². The quantitative estimate of drug-likeness (QED) is 0.710. The molecule has 1 heteroatoms. The summed E-state index contributed by atoms with van der Waals surface area (Å²) in [5.41, 5.74) is 0.622. The van der Waals surface area contributed by atoms with Crippen LogP contribution in [0.2, 0.25) is 0 Å². The molecule has 4 aliphatic carbocycles. The lowest BCUT2D eigenvalue weighted by Gasteiger charge is -2.60. The van der Waals surface area contributed by atoms with E-state index in [0.29, 0.717) is 17.1 Å². The fourth-order valence-corrected chi connectivity index (χ4v) is 5.72. The van der Waals surface area contributed by atoms with Gasteiger partial charge in [-0.05, 0) is 61.7 Å². The second-order valence-corrected chi connectivity index (χ2v) is 8.19. The molecule has 4 saturated carbocycles. The zero-order valence-corrected chi connectivity index (χ0v) is 12.3. The van der Waals surface area contributed by atoms with E-state index >= 15 is 0 Å². The van der Waals surface area contributed by atoms with E-state index in [1.54, 1.807) is 0 Å². The molecule has 0 aliphatic heterocycles. The van der Waals surface area contributed by atoms with Gasteiger partial charge in [-0.3, -0.25) is 4.79 Å². The van der Waals surface area contributed by atoms with E-state index in [0.717, 1.165) is 24.7 Å². The van der Waals surface area contributed by atoms with Crippen LogP contribution in [0.4, 0.5) is 0 Å². The summed E-state index contributed by atoms with van der Waals surface area (Å²) in [6.45, 7) is 6.90. The van der Waals surface area contributed by atoms with Crippen molar-refractivity contribution in [1.29, 1.82) is 0 Å². The van der Waals surface area contributed by atoms with Gasteiger partial charge in [0, 0.05) is 11.8 Å². The summed E-state index contributed by atoms with van der Waals surface area (Å²) in [6.07, 6.45) is 9.89. The average Bonchev–Trinajstić information content (AvgIpc) is 2.25. The monoisotopic (exact) mass is 248 g/mol. The third kappa shape index (κ3) is 1.94. The Morgan fingerprint density at radius 1 is 1.22 bits per heavy atom. The summed E-state index contributed by atoms with van der Waals surface area (Å²) in [5.74, 6) is 2.95. The highest BCUT2D eigenvalue weighted by Crippen LogP contribution is 2.65. The zero-order chi connectivity index (χ0) is 13.0. The molecule has 0 aromatic rings.